The van der Waals surface area contributed by atoms with Crippen LogP contribution in [0.25, 0.3) is 0 Å². The minimum absolute atomic E-state index is 0.0271. The van der Waals surface area contributed by atoms with Gasteiger partial charge in [0.1, 0.15) is 5.75 Å². The van der Waals surface area contributed by atoms with Crippen LogP contribution in [0, 0.1) is 10.1 Å². The maximum atomic E-state index is 11.5. The van der Waals surface area contributed by atoms with Gasteiger partial charge in [-0.15, -0.1) is 0 Å². The molecule has 0 N–H and O–H groups in total. The second-order valence-electron chi connectivity index (χ2n) is 3.97. The van der Waals surface area contributed by atoms with Crippen molar-refractivity contribution in [3.05, 3.63) is 33.9 Å². The van der Waals surface area contributed by atoms with Crippen molar-refractivity contribution in [2.24, 2.45) is 0 Å². The normalized spacial score (nSPS) is 10.2. The van der Waals surface area contributed by atoms with Crippen molar-refractivity contribution in [1.82, 2.24) is 0 Å². The SMILES string of the molecule is COc1cc([N+](=O)[O-])ccc1CC(=O)OC(C)C. The van der Waals surface area contributed by atoms with Crippen molar-refractivity contribution >= 4 is 11.7 Å². The van der Waals surface area contributed by atoms with Gasteiger partial charge in [0.15, 0.2) is 0 Å². The predicted molar refractivity (Wildman–Crippen MR) is 64.6 cm³/mol. The number of nitrogens with zero attached hydrogens (tertiary/aromatic N) is 1. The number of benzene rings is 1. The van der Waals surface area contributed by atoms with Crippen molar-refractivity contribution in [2.45, 2.75) is 26.4 Å². The number of esters is 1. The van der Waals surface area contributed by atoms with Gasteiger partial charge in [-0.25, -0.2) is 0 Å². The highest BCUT2D eigenvalue weighted by Gasteiger charge is 2.15. The van der Waals surface area contributed by atoms with E-state index < -0.39 is 10.9 Å². The number of carbonyl (C=O) groups is 1. The summed E-state index contributed by atoms with van der Waals surface area (Å²) in [6, 6.07) is 4.12. The molecule has 1 aromatic rings. The monoisotopic (exact) mass is 253 g/mol. The Balaban J connectivity index is 2.89. The first-order valence-corrected chi connectivity index (χ1v) is 5.44. The summed E-state index contributed by atoms with van der Waals surface area (Å²) in [7, 11) is 1.40. The van der Waals surface area contributed by atoms with E-state index >= 15 is 0 Å². The fourth-order valence-corrected chi connectivity index (χ4v) is 1.45. The first-order chi connectivity index (χ1) is 8.43. The molecular weight excluding hydrogens is 238 g/mol. The van der Waals surface area contributed by atoms with Crippen LogP contribution >= 0.6 is 0 Å². The van der Waals surface area contributed by atoms with E-state index in [0.29, 0.717) is 11.3 Å². The van der Waals surface area contributed by atoms with Gasteiger partial charge in [-0.1, -0.05) is 0 Å². The maximum Gasteiger partial charge on any atom is 0.310 e. The maximum absolute atomic E-state index is 11.5. The molecule has 0 bridgehead atoms. The van der Waals surface area contributed by atoms with E-state index in [9.17, 15) is 14.9 Å². The molecule has 0 saturated carbocycles. The van der Waals surface area contributed by atoms with Crippen LogP contribution in [0.5, 0.6) is 5.75 Å². The van der Waals surface area contributed by atoms with Gasteiger partial charge in [0.2, 0.25) is 0 Å². The van der Waals surface area contributed by atoms with E-state index in [1.54, 1.807) is 13.8 Å². The number of rotatable bonds is 5. The Bertz CT molecular complexity index is 456. The summed E-state index contributed by atoms with van der Waals surface area (Å²) in [5.41, 5.74) is 0.488. The Hall–Kier alpha value is -2.11. The topological polar surface area (TPSA) is 78.7 Å². The van der Waals surface area contributed by atoms with Gasteiger partial charge in [-0.05, 0) is 19.9 Å². The summed E-state index contributed by atoms with van der Waals surface area (Å²) in [5, 5.41) is 10.6. The molecule has 6 heteroatoms. The molecule has 6 nitrogen and oxygen atoms in total. The van der Waals surface area contributed by atoms with E-state index in [-0.39, 0.29) is 18.2 Å². The molecule has 0 radical (unpaired) electrons. The molecule has 0 aromatic heterocycles. The summed E-state index contributed by atoms with van der Waals surface area (Å²) in [5.74, 6) is -0.0814. The highest BCUT2D eigenvalue weighted by atomic mass is 16.6. The molecule has 18 heavy (non-hydrogen) atoms. The first kappa shape index (κ1) is 14.0. The van der Waals surface area contributed by atoms with Crippen LogP contribution in [0.3, 0.4) is 0 Å². The minimum Gasteiger partial charge on any atom is -0.496 e. The fraction of sp³-hybridized carbons (Fsp3) is 0.417. The van der Waals surface area contributed by atoms with E-state index in [1.807, 2.05) is 0 Å². The van der Waals surface area contributed by atoms with Crippen LogP contribution in [0.4, 0.5) is 5.69 Å². The van der Waals surface area contributed by atoms with Crippen molar-refractivity contribution in [1.29, 1.82) is 0 Å². The second kappa shape index (κ2) is 6.00. The van der Waals surface area contributed by atoms with Crippen molar-refractivity contribution in [3.63, 3.8) is 0 Å². The Kier molecular flexibility index (Phi) is 4.65. The third kappa shape index (κ3) is 3.73. The molecule has 0 spiro atoms. The quantitative estimate of drug-likeness (QED) is 0.456. The zero-order chi connectivity index (χ0) is 13.7. The summed E-state index contributed by atoms with van der Waals surface area (Å²) >= 11 is 0. The predicted octanol–water partition coefficient (Wildman–Crippen LogP) is 2.10. The lowest BCUT2D eigenvalue weighted by Crippen LogP contribution is -2.14. The van der Waals surface area contributed by atoms with Crippen LogP contribution in [0.2, 0.25) is 0 Å². The van der Waals surface area contributed by atoms with Gasteiger partial charge in [-0.2, -0.15) is 0 Å². The molecule has 1 rings (SSSR count). The molecule has 0 unspecified atom stereocenters. The molecule has 0 amide bonds. The van der Waals surface area contributed by atoms with Crippen LogP contribution in [0.15, 0.2) is 18.2 Å². The van der Waals surface area contributed by atoms with Crippen LogP contribution in [-0.2, 0) is 16.0 Å². The molecule has 1 aromatic carbocycles. The van der Waals surface area contributed by atoms with E-state index in [1.165, 1.54) is 25.3 Å². The number of hydrogen-bond donors (Lipinski definition) is 0. The Morgan fingerprint density at radius 3 is 2.61 bits per heavy atom. The van der Waals surface area contributed by atoms with Crippen LogP contribution in [0.1, 0.15) is 19.4 Å². The summed E-state index contributed by atoms with van der Waals surface area (Å²) in [4.78, 5) is 21.6. The molecule has 0 aliphatic rings. The number of non-ortho nitro benzene ring substituents is 1. The standard InChI is InChI=1S/C12H15NO5/c1-8(2)18-12(14)6-9-4-5-10(13(15)16)7-11(9)17-3/h4-5,7-8H,6H2,1-3H3. The fourth-order valence-electron chi connectivity index (χ4n) is 1.45. The lowest BCUT2D eigenvalue weighted by Gasteiger charge is -2.10. The minimum atomic E-state index is -0.515. The second-order valence-corrected chi connectivity index (χ2v) is 3.97. The van der Waals surface area contributed by atoms with Crippen molar-refractivity contribution in [3.8, 4) is 5.75 Å². The van der Waals surface area contributed by atoms with Crippen molar-refractivity contribution in [2.75, 3.05) is 7.11 Å². The van der Waals surface area contributed by atoms with E-state index in [2.05, 4.69) is 0 Å². The molecule has 0 aliphatic heterocycles. The van der Waals surface area contributed by atoms with Gasteiger partial charge < -0.3 is 9.47 Å². The molecule has 0 aliphatic carbocycles. The van der Waals surface area contributed by atoms with Gasteiger partial charge in [0.25, 0.3) is 5.69 Å². The lowest BCUT2D eigenvalue weighted by atomic mass is 10.1. The van der Waals surface area contributed by atoms with Crippen molar-refractivity contribution < 1.29 is 19.2 Å². The first-order valence-electron chi connectivity index (χ1n) is 5.44. The number of carbonyl (C=O) groups excluding carboxylic acids is 1. The Morgan fingerprint density at radius 1 is 1.44 bits per heavy atom. The third-order valence-corrected chi connectivity index (χ3v) is 2.18. The Labute approximate surface area is 105 Å². The number of hydrogen-bond acceptors (Lipinski definition) is 5. The molecule has 0 saturated heterocycles. The van der Waals surface area contributed by atoms with Crippen LogP contribution in [-0.4, -0.2) is 24.1 Å². The zero-order valence-electron chi connectivity index (χ0n) is 10.5. The highest BCUT2D eigenvalue weighted by Crippen LogP contribution is 2.25. The summed E-state index contributed by atoms with van der Waals surface area (Å²) in [6.45, 7) is 3.51. The third-order valence-electron chi connectivity index (χ3n) is 2.18. The average Bonchev–Trinajstić information content (AvgIpc) is 2.27. The van der Waals surface area contributed by atoms with Gasteiger partial charge in [0, 0.05) is 11.6 Å². The van der Waals surface area contributed by atoms with E-state index in [4.69, 9.17) is 9.47 Å². The Morgan fingerprint density at radius 2 is 2.11 bits per heavy atom. The lowest BCUT2D eigenvalue weighted by molar-refractivity contribution is -0.384. The largest absolute Gasteiger partial charge is 0.496 e. The molecule has 0 fully saturated rings. The zero-order valence-corrected chi connectivity index (χ0v) is 10.5. The van der Waals surface area contributed by atoms with Gasteiger partial charge in [-0.3, -0.25) is 14.9 Å². The number of nitro benzene ring substituents is 1. The molecule has 0 heterocycles. The smallest absolute Gasteiger partial charge is 0.310 e. The number of methoxy groups -OCH3 is 1. The van der Waals surface area contributed by atoms with E-state index in [0.717, 1.165) is 0 Å². The summed E-state index contributed by atoms with van der Waals surface area (Å²) in [6.07, 6.45) is -0.166. The average molecular weight is 253 g/mol. The molecular formula is C12H15NO5. The number of nitro groups is 1. The molecule has 0 atom stereocenters. The molecule has 98 valence electrons. The highest BCUT2D eigenvalue weighted by molar-refractivity contribution is 5.74. The van der Waals surface area contributed by atoms with Gasteiger partial charge >= 0.3 is 5.97 Å². The van der Waals surface area contributed by atoms with Crippen LogP contribution < -0.4 is 4.74 Å². The van der Waals surface area contributed by atoms with Gasteiger partial charge in [0.05, 0.1) is 30.6 Å². The number of ether oxygens (including phenoxy) is 2. The summed E-state index contributed by atoms with van der Waals surface area (Å²) < 4.78 is 10.0.